The van der Waals surface area contributed by atoms with Crippen LogP contribution in [0.1, 0.15) is 6.42 Å². The van der Waals surface area contributed by atoms with Crippen molar-refractivity contribution in [2.45, 2.75) is 17.4 Å². The maximum Gasteiger partial charge on any atom is 0.243 e. The Kier molecular flexibility index (Phi) is 4.18. The SMILES string of the molecule is O=S(=O)(c1ccc2c(c1)OCCO2)N1CCC(Oc2cccnn2)C1. The summed E-state index contributed by atoms with van der Waals surface area (Å²) in [6.07, 6.45) is 1.91. The zero-order chi connectivity index (χ0) is 17.3. The number of rotatable bonds is 4. The van der Waals surface area contributed by atoms with Gasteiger partial charge in [0.15, 0.2) is 11.5 Å². The molecule has 132 valence electrons. The molecule has 0 aliphatic carbocycles. The summed E-state index contributed by atoms with van der Waals surface area (Å²) in [5, 5.41) is 7.62. The molecule has 1 fully saturated rings. The summed E-state index contributed by atoms with van der Waals surface area (Å²) in [6.45, 7) is 1.54. The molecule has 1 aromatic heterocycles. The molecule has 0 amide bonds. The topological polar surface area (TPSA) is 90.9 Å². The van der Waals surface area contributed by atoms with Gasteiger partial charge in [-0.3, -0.25) is 0 Å². The fourth-order valence-corrected chi connectivity index (χ4v) is 4.37. The third-order valence-corrected chi connectivity index (χ3v) is 5.96. The third kappa shape index (κ3) is 3.24. The van der Waals surface area contributed by atoms with E-state index in [9.17, 15) is 8.42 Å². The second-order valence-corrected chi connectivity index (χ2v) is 7.70. The highest BCUT2D eigenvalue weighted by atomic mass is 32.2. The summed E-state index contributed by atoms with van der Waals surface area (Å²) in [4.78, 5) is 0.192. The maximum atomic E-state index is 12.9. The van der Waals surface area contributed by atoms with E-state index >= 15 is 0 Å². The van der Waals surface area contributed by atoms with Gasteiger partial charge in [0, 0.05) is 24.9 Å². The first kappa shape index (κ1) is 16.1. The van der Waals surface area contributed by atoms with Crippen LogP contribution in [0.3, 0.4) is 0 Å². The summed E-state index contributed by atoms with van der Waals surface area (Å²) < 4.78 is 43.8. The van der Waals surface area contributed by atoms with E-state index in [0.29, 0.717) is 43.6 Å². The van der Waals surface area contributed by atoms with Gasteiger partial charge in [-0.05, 0) is 24.6 Å². The summed E-state index contributed by atoms with van der Waals surface area (Å²) in [5.41, 5.74) is 0. The Hall–Kier alpha value is -2.39. The van der Waals surface area contributed by atoms with E-state index in [0.717, 1.165) is 0 Å². The minimum absolute atomic E-state index is 0.192. The molecular formula is C16H17N3O5S. The molecule has 25 heavy (non-hydrogen) atoms. The normalized spacial score (nSPS) is 20.4. The van der Waals surface area contributed by atoms with Crippen LogP contribution < -0.4 is 14.2 Å². The van der Waals surface area contributed by atoms with Gasteiger partial charge >= 0.3 is 0 Å². The van der Waals surface area contributed by atoms with Gasteiger partial charge in [-0.1, -0.05) is 0 Å². The van der Waals surface area contributed by atoms with E-state index in [1.165, 1.54) is 10.4 Å². The first-order valence-electron chi connectivity index (χ1n) is 7.97. The van der Waals surface area contributed by atoms with Gasteiger partial charge in [-0.25, -0.2) is 8.42 Å². The van der Waals surface area contributed by atoms with E-state index in [1.807, 2.05) is 0 Å². The van der Waals surface area contributed by atoms with Gasteiger partial charge in [0.2, 0.25) is 15.9 Å². The van der Waals surface area contributed by atoms with Crippen molar-refractivity contribution in [3.63, 3.8) is 0 Å². The summed E-state index contributed by atoms with van der Waals surface area (Å²) in [5.74, 6) is 1.42. The highest BCUT2D eigenvalue weighted by Gasteiger charge is 2.34. The molecule has 9 heteroatoms. The van der Waals surface area contributed by atoms with Crippen molar-refractivity contribution in [2.24, 2.45) is 0 Å². The quantitative estimate of drug-likeness (QED) is 0.803. The van der Waals surface area contributed by atoms with Crippen molar-refractivity contribution in [2.75, 3.05) is 26.3 Å². The Labute approximate surface area is 145 Å². The molecule has 1 aromatic carbocycles. The number of nitrogens with zero attached hydrogens (tertiary/aromatic N) is 3. The molecule has 2 aliphatic heterocycles. The average Bonchev–Trinajstić information content (AvgIpc) is 3.11. The van der Waals surface area contributed by atoms with Crippen LogP contribution in [0.15, 0.2) is 41.4 Å². The van der Waals surface area contributed by atoms with Crippen molar-refractivity contribution < 1.29 is 22.6 Å². The largest absolute Gasteiger partial charge is 0.486 e. The smallest absolute Gasteiger partial charge is 0.243 e. The predicted molar refractivity (Wildman–Crippen MR) is 87.3 cm³/mol. The maximum absolute atomic E-state index is 12.9. The van der Waals surface area contributed by atoms with Gasteiger partial charge in [0.25, 0.3) is 0 Å². The van der Waals surface area contributed by atoms with E-state index in [2.05, 4.69) is 10.2 Å². The molecule has 8 nitrogen and oxygen atoms in total. The fraction of sp³-hybridized carbons (Fsp3) is 0.375. The number of benzene rings is 1. The van der Waals surface area contributed by atoms with Gasteiger partial charge in [0.1, 0.15) is 19.3 Å². The van der Waals surface area contributed by atoms with Crippen molar-refractivity contribution >= 4 is 10.0 Å². The van der Waals surface area contributed by atoms with Crippen LogP contribution in [0.25, 0.3) is 0 Å². The minimum Gasteiger partial charge on any atom is -0.486 e. The van der Waals surface area contributed by atoms with E-state index in [-0.39, 0.29) is 17.5 Å². The number of hydrogen-bond donors (Lipinski definition) is 0. The Morgan fingerprint density at radius 1 is 1.16 bits per heavy atom. The lowest BCUT2D eigenvalue weighted by Gasteiger charge is -2.21. The summed E-state index contributed by atoms with van der Waals surface area (Å²) in [6, 6.07) is 8.11. The van der Waals surface area contributed by atoms with Crippen molar-refractivity contribution in [3.8, 4) is 17.4 Å². The molecule has 1 atom stereocenters. The van der Waals surface area contributed by atoms with Gasteiger partial charge in [-0.2, -0.15) is 9.40 Å². The predicted octanol–water partition coefficient (Wildman–Crippen LogP) is 1.09. The Morgan fingerprint density at radius 3 is 2.80 bits per heavy atom. The molecule has 2 aliphatic rings. The highest BCUT2D eigenvalue weighted by molar-refractivity contribution is 7.89. The van der Waals surface area contributed by atoms with Crippen molar-refractivity contribution in [1.82, 2.24) is 14.5 Å². The fourth-order valence-electron chi connectivity index (χ4n) is 2.87. The minimum atomic E-state index is -3.62. The number of hydrogen-bond acceptors (Lipinski definition) is 7. The zero-order valence-corrected chi connectivity index (χ0v) is 14.2. The molecule has 2 aromatic rings. The summed E-state index contributed by atoms with van der Waals surface area (Å²) in [7, 11) is -3.62. The van der Waals surface area contributed by atoms with Crippen LogP contribution in [0.2, 0.25) is 0 Å². The van der Waals surface area contributed by atoms with Crippen molar-refractivity contribution in [1.29, 1.82) is 0 Å². The second kappa shape index (κ2) is 6.49. The second-order valence-electron chi connectivity index (χ2n) is 5.76. The standard InChI is InChI=1S/C16H17N3O5S/c20-25(21,13-3-4-14-15(10-13)23-9-8-22-14)19-7-5-12(11-19)24-16-2-1-6-17-18-16/h1-4,6,10,12H,5,7-9,11H2. The number of fused-ring (bicyclic) bond motifs is 1. The number of ether oxygens (including phenoxy) is 3. The van der Waals surface area contributed by atoms with E-state index < -0.39 is 10.0 Å². The molecule has 0 radical (unpaired) electrons. The first-order chi connectivity index (χ1) is 12.1. The Morgan fingerprint density at radius 2 is 2.00 bits per heavy atom. The van der Waals surface area contributed by atoms with Gasteiger partial charge < -0.3 is 14.2 Å². The Balaban J connectivity index is 1.49. The monoisotopic (exact) mass is 363 g/mol. The van der Waals surface area contributed by atoms with Crippen LogP contribution in [-0.4, -0.2) is 55.3 Å². The number of aromatic nitrogens is 2. The van der Waals surface area contributed by atoms with Crippen molar-refractivity contribution in [3.05, 3.63) is 36.5 Å². The van der Waals surface area contributed by atoms with Crippen LogP contribution in [0.5, 0.6) is 17.4 Å². The van der Waals surface area contributed by atoms with Crippen LogP contribution >= 0.6 is 0 Å². The molecule has 0 bridgehead atoms. The molecule has 1 saturated heterocycles. The van der Waals surface area contributed by atoms with Gasteiger partial charge in [-0.15, -0.1) is 5.10 Å². The van der Waals surface area contributed by atoms with Gasteiger partial charge in [0.05, 0.1) is 11.4 Å². The molecular weight excluding hydrogens is 346 g/mol. The molecule has 3 heterocycles. The van der Waals surface area contributed by atoms with Crippen LogP contribution in [-0.2, 0) is 10.0 Å². The lowest BCUT2D eigenvalue weighted by molar-refractivity contribution is 0.171. The molecule has 1 unspecified atom stereocenters. The molecule has 0 spiro atoms. The molecule has 4 rings (SSSR count). The molecule has 0 N–H and O–H groups in total. The zero-order valence-electron chi connectivity index (χ0n) is 13.4. The summed E-state index contributed by atoms with van der Waals surface area (Å²) >= 11 is 0. The van der Waals surface area contributed by atoms with E-state index in [4.69, 9.17) is 14.2 Å². The number of sulfonamides is 1. The third-order valence-electron chi connectivity index (χ3n) is 4.09. The van der Waals surface area contributed by atoms with Crippen LogP contribution in [0, 0.1) is 0 Å². The van der Waals surface area contributed by atoms with Crippen LogP contribution in [0.4, 0.5) is 0 Å². The highest BCUT2D eigenvalue weighted by Crippen LogP contribution is 2.34. The van der Waals surface area contributed by atoms with E-state index in [1.54, 1.807) is 30.5 Å². The lowest BCUT2D eigenvalue weighted by atomic mass is 10.3. The Bertz CT molecular complexity index is 859. The average molecular weight is 363 g/mol. The first-order valence-corrected chi connectivity index (χ1v) is 9.41. The lowest BCUT2D eigenvalue weighted by Crippen LogP contribution is -2.31. The molecule has 0 saturated carbocycles.